The van der Waals surface area contributed by atoms with Gasteiger partial charge in [-0.3, -0.25) is 14.3 Å². The van der Waals surface area contributed by atoms with Crippen molar-refractivity contribution in [3.63, 3.8) is 0 Å². The Morgan fingerprint density at radius 3 is 2.59 bits per heavy atom. The van der Waals surface area contributed by atoms with E-state index < -0.39 is 0 Å². The van der Waals surface area contributed by atoms with Crippen molar-refractivity contribution in [2.45, 2.75) is 43.2 Å². The van der Waals surface area contributed by atoms with Gasteiger partial charge in [-0.1, -0.05) is 6.42 Å². The summed E-state index contributed by atoms with van der Waals surface area (Å²) < 4.78 is 1.50. The van der Waals surface area contributed by atoms with Gasteiger partial charge < -0.3 is 16.4 Å². The first-order valence-electron chi connectivity index (χ1n) is 9.05. The number of nitrogens with two attached hydrogens (primary N) is 1. The van der Waals surface area contributed by atoms with Gasteiger partial charge in [-0.25, -0.2) is 0 Å². The van der Waals surface area contributed by atoms with Crippen molar-refractivity contribution in [2.75, 3.05) is 16.9 Å². The van der Waals surface area contributed by atoms with Crippen LogP contribution < -0.4 is 16.4 Å². The number of hydrogen-bond donors (Lipinski definition) is 3. The second-order valence-corrected chi connectivity index (χ2v) is 7.69. The van der Waals surface area contributed by atoms with E-state index in [-0.39, 0.29) is 30.3 Å². The van der Waals surface area contributed by atoms with Crippen LogP contribution in [-0.2, 0) is 16.1 Å². The summed E-state index contributed by atoms with van der Waals surface area (Å²) in [5.41, 5.74) is 7.35. The summed E-state index contributed by atoms with van der Waals surface area (Å²) in [6.07, 6.45) is 8.72. The highest BCUT2D eigenvalue weighted by atomic mass is 32.2. The zero-order valence-corrected chi connectivity index (χ0v) is 16.2. The molecule has 1 aromatic heterocycles. The molecule has 0 bridgehead atoms. The average molecular weight is 388 g/mol. The lowest BCUT2D eigenvalue weighted by molar-refractivity contribution is -0.117. The largest absolute Gasteiger partial charge is 0.327 e. The summed E-state index contributed by atoms with van der Waals surface area (Å²) in [5.74, 6) is 0.0170. The number of rotatable bonds is 7. The molecule has 0 saturated heterocycles. The zero-order chi connectivity index (χ0) is 19.2. The Bertz CT molecular complexity index is 790. The lowest BCUT2D eigenvalue weighted by Crippen LogP contribution is -2.28. The highest BCUT2D eigenvalue weighted by Crippen LogP contribution is 2.27. The molecule has 8 heteroatoms. The van der Waals surface area contributed by atoms with Crippen LogP contribution in [0.4, 0.5) is 11.4 Å². The minimum Gasteiger partial charge on any atom is -0.327 e. The number of hydrogen-bond acceptors (Lipinski definition) is 5. The Balaban J connectivity index is 1.48. The molecular formula is C19H25N5O2S. The number of anilines is 2. The molecule has 144 valence electrons. The Kier molecular flexibility index (Phi) is 6.52. The van der Waals surface area contributed by atoms with Crippen molar-refractivity contribution in [2.24, 2.45) is 11.7 Å². The molecule has 1 saturated carbocycles. The number of nitrogens with zero attached hydrogens (tertiary/aromatic N) is 2. The van der Waals surface area contributed by atoms with Crippen molar-refractivity contribution in [3.8, 4) is 0 Å². The molecule has 27 heavy (non-hydrogen) atoms. The lowest BCUT2D eigenvalue weighted by atomic mass is 10.00. The maximum absolute atomic E-state index is 12.2. The van der Waals surface area contributed by atoms with Crippen molar-refractivity contribution in [3.05, 3.63) is 36.7 Å². The molecule has 1 fully saturated rings. The molecule has 2 aromatic rings. The molecule has 0 unspecified atom stereocenters. The first-order chi connectivity index (χ1) is 13.0. The van der Waals surface area contributed by atoms with Crippen LogP contribution in [0.15, 0.2) is 41.6 Å². The molecule has 0 aliphatic heterocycles. The summed E-state index contributed by atoms with van der Waals surface area (Å²) in [6.45, 7) is 0.0770. The van der Waals surface area contributed by atoms with Crippen molar-refractivity contribution < 1.29 is 9.59 Å². The second-order valence-electron chi connectivity index (χ2n) is 6.81. The van der Waals surface area contributed by atoms with E-state index in [9.17, 15) is 9.59 Å². The van der Waals surface area contributed by atoms with Gasteiger partial charge in [-0.2, -0.15) is 5.10 Å². The van der Waals surface area contributed by atoms with E-state index in [1.165, 1.54) is 4.68 Å². The molecule has 1 aromatic carbocycles. The minimum atomic E-state index is -0.176. The van der Waals surface area contributed by atoms with Crippen LogP contribution in [0.1, 0.15) is 25.7 Å². The summed E-state index contributed by atoms with van der Waals surface area (Å²) >= 11 is 1.65. The van der Waals surface area contributed by atoms with Crippen molar-refractivity contribution in [1.82, 2.24) is 9.78 Å². The van der Waals surface area contributed by atoms with Gasteiger partial charge in [-0.05, 0) is 49.3 Å². The van der Waals surface area contributed by atoms with Gasteiger partial charge in [0.1, 0.15) is 6.54 Å². The molecule has 1 aliphatic rings. The fourth-order valence-electron chi connectivity index (χ4n) is 3.31. The lowest BCUT2D eigenvalue weighted by Gasteiger charge is -2.14. The topological polar surface area (TPSA) is 102 Å². The third-order valence-electron chi connectivity index (χ3n) is 4.76. The van der Waals surface area contributed by atoms with Crippen LogP contribution in [0.25, 0.3) is 0 Å². The first kappa shape index (κ1) is 19.4. The maximum Gasteiger partial charge on any atom is 0.246 e. The van der Waals surface area contributed by atoms with Crippen molar-refractivity contribution in [1.29, 1.82) is 0 Å². The van der Waals surface area contributed by atoms with E-state index >= 15 is 0 Å². The van der Waals surface area contributed by atoms with E-state index in [1.807, 2.05) is 30.5 Å². The summed E-state index contributed by atoms with van der Waals surface area (Å²) in [5, 5.41) is 9.81. The van der Waals surface area contributed by atoms with Crippen LogP contribution in [0, 0.1) is 5.92 Å². The van der Waals surface area contributed by atoms with E-state index in [0.717, 1.165) is 29.8 Å². The van der Waals surface area contributed by atoms with Crippen LogP contribution in [-0.4, -0.2) is 33.9 Å². The maximum atomic E-state index is 12.2. The van der Waals surface area contributed by atoms with E-state index in [0.29, 0.717) is 12.1 Å². The molecule has 2 atom stereocenters. The smallest absolute Gasteiger partial charge is 0.246 e. The third kappa shape index (κ3) is 5.58. The highest BCUT2D eigenvalue weighted by molar-refractivity contribution is 7.98. The van der Waals surface area contributed by atoms with Gasteiger partial charge in [0.15, 0.2) is 0 Å². The number of amides is 2. The normalized spacial score (nSPS) is 19.0. The number of aromatic nitrogens is 2. The van der Waals surface area contributed by atoms with Gasteiger partial charge in [-0.15, -0.1) is 11.8 Å². The summed E-state index contributed by atoms with van der Waals surface area (Å²) in [7, 11) is 0. The predicted octanol–water partition coefficient (Wildman–Crippen LogP) is 2.70. The molecule has 0 spiro atoms. The van der Waals surface area contributed by atoms with Crippen LogP contribution in [0.2, 0.25) is 0 Å². The van der Waals surface area contributed by atoms with Gasteiger partial charge in [0.05, 0.1) is 11.9 Å². The Hall–Kier alpha value is -2.32. The fraction of sp³-hybridized carbons (Fsp3) is 0.421. The third-order valence-corrected chi connectivity index (χ3v) is 5.51. The number of carbonyl (C=O) groups excluding carboxylic acids is 2. The van der Waals surface area contributed by atoms with Crippen molar-refractivity contribution >= 4 is 35.0 Å². The number of thioether (sulfide) groups is 1. The van der Waals surface area contributed by atoms with E-state index in [2.05, 4.69) is 15.7 Å². The number of nitrogens with one attached hydrogen (secondary N) is 2. The molecule has 4 N–H and O–H groups in total. The molecule has 3 rings (SSSR count). The van der Waals surface area contributed by atoms with Gasteiger partial charge in [0.25, 0.3) is 0 Å². The van der Waals surface area contributed by atoms with Gasteiger partial charge in [0, 0.05) is 29.2 Å². The molecule has 7 nitrogen and oxygen atoms in total. The minimum absolute atomic E-state index is 0.0600. The first-order valence-corrected chi connectivity index (χ1v) is 10.3. The monoisotopic (exact) mass is 387 g/mol. The van der Waals surface area contributed by atoms with E-state index in [4.69, 9.17) is 5.73 Å². The molecular weight excluding hydrogens is 362 g/mol. The average Bonchev–Trinajstić information content (AvgIpc) is 3.24. The van der Waals surface area contributed by atoms with Gasteiger partial charge >= 0.3 is 0 Å². The molecule has 1 aliphatic carbocycles. The SMILES string of the molecule is CSc1ccc(NC(=O)Cn2cc(NC(=O)C[C@@H]3CCC[C@H]3N)cn2)cc1. The Morgan fingerprint density at radius 2 is 1.93 bits per heavy atom. The van der Waals surface area contributed by atoms with Gasteiger partial charge in [0.2, 0.25) is 11.8 Å². The Labute approximate surface area is 163 Å². The number of benzene rings is 1. The van der Waals surface area contributed by atoms with Crippen LogP contribution in [0.5, 0.6) is 0 Å². The van der Waals surface area contributed by atoms with Crippen LogP contribution >= 0.6 is 11.8 Å². The van der Waals surface area contributed by atoms with Crippen LogP contribution in [0.3, 0.4) is 0 Å². The summed E-state index contributed by atoms with van der Waals surface area (Å²) in [4.78, 5) is 25.4. The van der Waals surface area contributed by atoms with E-state index in [1.54, 1.807) is 24.2 Å². The molecule has 0 radical (unpaired) electrons. The Morgan fingerprint density at radius 1 is 1.19 bits per heavy atom. The predicted molar refractivity (Wildman–Crippen MR) is 108 cm³/mol. The quantitative estimate of drug-likeness (QED) is 0.634. The summed E-state index contributed by atoms with van der Waals surface area (Å²) in [6, 6.07) is 7.77. The molecule has 2 amide bonds. The fourth-order valence-corrected chi connectivity index (χ4v) is 3.71. The molecule has 1 heterocycles. The zero-order valence-electron chi connectivity index (χ0n) is 15.4. The highest BCUT2D eigenvalue weighted by Gasteiger charge is 2.26. The number of carbonyl (C=O) groups is 2. The standard InChI is InChI=1S/C19H25N5O2S/c1-27-16-7-5-14(6-8-16)22-19(26)12-24-11-15(10-21-24)23-18(25)9-13-3-2-4-17(13)20/h5-8,10-11,13,17H,2-4,9,12,20H2,1H3,(H,22,26)(H,23,25)/t13-,17+/m0/s1. The second kappa shape index (κ2) is 9.05.